The second kappa shape index (κ2) is 15.5. The third-order valence-electron chi connectivity index (χ3n) is 11.0. The molecule has 3 aliphatic rings. The van der Waals surface area contributed by atoms with E-state index in [0.717, 1.165) is 43.6 Å². The molecule has 0 aliphatic carbocycles. The fraction of sp³-hybridized carbons (Fsp3) is 0.325. The molecule has 18 heteroatoms. The highest BCUT2D eigenvalue weighted by Gasteiger charge is 2.38. The summed E-state index contributed by atoms with van der Waals surface area (Å²) in [7, 11) is -2.67. The van der Waals surface area contributed by atoms with Gasteiger partial charge in [-0.2, -0.15) is 8.42 Å². The molecule has 0 saturated carbocycles. The van der Waals surface area contributed by atoms with E-state index in [9.17, 15) is 32.4 Å². The first-order valence-corrected chi connectivity index (χ1v) is 20.4. The van der Waals surface area contributed by atoms with Crippen molar-refractivity contribution >= 4 is 72.8 Å². The standard InChI is InChI=1S/C40H41FN8O8S/c1-46-32-21-28(8-10-30(32)49(40(46)54)31-11-12-34(50)44-38(31)52)47-17-14-24(15-18-47)13-16-42-39(53)43-27-7-9-29-26(19-27)20-33(57-23-25-5-3-2-4-6-25)37(36(29)41)48-22-35(51)45-58(48,55)56/h2-10,19-21,24,31H,11-18,22-23H2,1H3,(H,45,51)(H2,42,43,53)(H,44,50,52). The second-order valence-electron chi connectivity index (χ2n) is 14.7. The Kier molecular flexibility index (Phi) is 10.3. The third kappa shape index (κ3) is 7.54. The maximum atomic E-state index is 16.2. The lowest BCUT2D eigenvalue weighted by Gasteiger charge is -2.33. The predicted octanol–water partition coefficient (Wildman–Crippen LogP) is 3.80. The van der Waals surface area contributed by atoms with E-state index in [0.29, 0.717) is 38.9 Å². The first kappa shape index (κ1) is 38.4. The molecule has 4 heterocycles. The van der Waals surface area contributed by atoms with Crippen LogP contribution in [-0.4, -0.2) is 67.5 Å². The molecule has 4 aromatic carbocycles. The van der Waals surface area contributed by atoms with Gasteiger partial charge in [-0.05, 0) is 85.0 Å². The fourth-order valence-corrected chi connectivity index (χ4v) is 9.11. The van der Waals surface area contributed by atoms with Crippen molar-refractivity contribution in [2.24, 2.45) is 13.0 Å². The smallest absolute Gasteiger partial charge is 0.329 e. The molecule has 302 valence electrons. The highest BCUT2D eigenvalue weighted by molar-refractivity contribution is 7.92. The Bertz CT molecular complexity index is 2640. The Balaban J connectivity index is 0.881. The SMILES string of the molecule is Cn1c(=O)n(C2CCC(=O)NC2=O)c2ccc(N3CCC(CCNC(=O)Nc4ccc5c(F)c(N6CC(=O)NS6(=O)=O)c(OCc6ccccc6)cc5c4)CC3)cc21. The number of hydrogen-bond donors (Lipinski definition) is 4. The summed E-state index contributed by atoms with van der Waals surface area (Å²) in [4.78, 5) is 64.6. The molecule has 0 bridgehead atoms. The number of hydrogen-bond acceptors (Lipinski definition) is 9. The van der Waals surface area contributed by atoms with Gasteiger partial charge in [-0.3, -0.25) is 28.8 Å². The van der Waals surface area contributed by atoms with Crippen molar-refractivity contribution in [2.75, 3.05) is 40.7 Å². The quantitative estimate of drug-likeness (QED) is 0.152. The van der Waals surface area contributed by atoms with Crippen molar-refractivity contribution in [1.82, 2.24) is 24.5 Å². The van der Waals surface area contributed by atoms with Crippen molar-refractivity contribution in [3.63, 3.8) is 0 Å². The number of imidazole rings is 1. The van der Waals surface area contributed by atoms with Gasteiger partial charge in [0.2, 0.25) is 11.8 Å². The molecule has 16 nitrogen and oxygen atoms in total. The maximum Gasteiger partial charge on any atom is 0.329 e. The lowest BCUT2D eigenvalue weighted by Crippen LogP contribution is -2.44. The van der Waals surface area contributed by atoms with Crippen LogP contribution in [0.2, 0.25) is 0 Å². The van der Waals surface area contributed by atoms with Crippen molar-refractivity contribution < 1.29 is 36.7 Å². The van der Waals surface area contributed by atoms with Gasteiger partial charge in [-0.1, -0.05) is 30.3 Å². The summed E-state index contributed by atoms with van der Waals surface area (Å²) >= 11 is 0. The topological polar surface area (TPSA) is 193 Å². The number of urea groups is 1. The first-order chi connectivity index (χ1) is 27.9. The minimum absolute atomic E-state index is 0.00819. The number of nitrogens with zero attached hydrogens (tertiary/aromatic N) is 4. The van der Waals surface area contributed by atoms with Gasteiger partial charge >= 0.3 is 21.9 Å². The Morgan fingerprint density at radius 2 is 1.71 bits per heavy atom. The molecule has 1 atom stereocenters. The van der Waals surface area contributed by atoms with Crippen LogP contribution in [0.25, 0.3) is 21.8 Å². The Morgan fingerprint density at radius 3 is 2.43 bits per heavy atom. The van der Waals surface area contributed by atoms with Crippen molar-refractivity contribution in [2.45, 2.75) is 44.8 Å². The van der Waals surface area contributed by atoms with Crippen LogP contribution in [0, 0.1) is 11.7 Å². The van der Waals surface area contributed by atoms with Gasteiger partial charge in [0.1, 0.15) is 30.6 Å². The number of nitrogens with one attached hydrogen (secondary N) is 4. The van der Waals surface area contributed by atoms with Crippen molar-refractivity contribution in [3.8, 4) is 5.75 Å². The summed E-state index contributed by atoms with van der Waals surface area (Å²) in [6, 6.07) is 19.6. The van der Waals surface area contributed by atoms with E-state index in [2.05, 4.69) is 20.9 Å². The molecule has 0 radical (unpaired) electrons. The number of aryl methyl sites for hydroxylation is 1. The van der Waals surface area contributed by atoms with Gasteiger partial charge in [0.05, 0.1) is 11.0 Å². The lowest BCUT2D eigenvalue weighted by atomic mass is 9.93. The number of benzene rings is 4. The molecule has 0 spiro atoms. The van der Waals surface area contributed by atoms with Crippen LogP contribution >= 0.6 is 0 Å². The average Bonchev–Trinajstić information content (AvgIpc) is 3.62. The summed E-state index contributed by atoms with van der Waals surface area (Å²) in [5, 5.41) is 8.44. The predicted molar refractivity (Wildman–Crippen MR) is 214 cm³/mol. The Labute approximate surface area is 332 Å². The highest BCUT2D eigenvalue weighted by atomic mass is 32.2. The molecular weight excluding hydrogens is 772 g/mol. The number of ether oxygens (including phenoxy) is 1. The van der Waals surface area contributed by atoms with Gasteiger partial charge in [0, 0.05) is 49.9 Å². The summed E-state index contributed by atoms with van der Waals surface area (Å²) < 4.78 is 53.1. The average molecular weight is 813 g/mol. The minimum atomic E-state index is -4.34. The molecule has 3 fully saturated rings. The first-order valence-electron chi connectivity index (χ1n) is 19.0. The molecule has 1 unspecified atom stereocenters. The summed E-state index contributed by atoms with van der Waals surface area (Å²) in [6.45, 7) is 1.41. The zero-order valence-electron chi connectivity index (χ0n) is 31.5. The van der Waals surface area contributed by atoms with E-state index in [-0.39, 0.29) is 47.9 Å². The zero-order chi connectivity index (χ0) is 40.7. The van der Waals surface area contributed by atoms with E-state index in [4.69, 9.17) is 4.74 Å². The fourth-order valence-electron chi connectivity index (χ4n) is 7.95. The number of halogens is 1. The van der Waals surface area contributed by atoms with E-state index >= 15 is 4.39 Å². The van der Waals surface area contributed by atoms with E-state index in [1.165, 1.54) is 27.3 Å². The molecule has 5 aromatic rings. The number of carbonyl (C=O) groups is 4. The number of rotatable bonds is 10. The Hall–Kier alpha value is -6.43. The molecule has 58 heavy (non-hydrogen) atoms. The normalized spacial score (nSPS) is 18.4. The van der Waals surface area contributed by atoms with Gasteiger partial charge < -0.3 is 20.3 Å². The molecule has 4 N–H and O–H groups in total. The van der Waals surface area contributed by atoms with Gasteiger partial charge in [0.15, 0.2) is 5.82 Å². The number of imide groups is 1. The summed E-state index contributed by atoms with van der Waals surface area (Å²) in [5.74, 6) is -2.21. The zero-order valence-corrected chi connectivity index (χ0v) is 32.3. The van der Waals surface area contributed by atoms with Gasteiger partial charge in [-0.15, -0.1) is 0 Å². The number of piperidine rings is 2. The van der Waals surface area contributed by atoms with Crippen LogP contribution in [0.1, 0.15) is 43.7 Å². The van der Waals surface area contributed by atoms with Crippen molar-refractivity contribution in [1.29, 1.82) is 0 Å². The van der Waals surface area contributed by atoms with Gasteiger partial charge in [-0.25, -0.2) is 23.0 Å². The molecule has 5 amide bonds. The largest absolute Gasteiger partial charge is 0.487 e. The molecule has 3 aliphatic heterocycles. The second-order valence-corrected chi connectivity index (χ2v) is 16.3. The van der Waals surface area contributed by atoms with Crippen LogP contribution in [-0.2, 0) is 38.2 Å². The van der Waals surface area contributed by atoms with E-state index in [1.807, 2.05) is 41.1 Å². The Morgan fingerprint density at radius 1 is 0.931 bits per heavy atom. The third-order valence-corrected chi connectivity index (χ3v) is 12.4. The lowest BCUT2D eigenvalue weighted by molar-refractivity contribution is -0.135. The van der Waals surface area contributed by atoms with Crippen LogP contribution in [0.3, 0.4) is 0 Å². The highest BCUT2D eigenvalue weighted by Crippen LogP contribution is 2.40. The van der Waals surface area contributed by atoms with Gasteiger partial charge in [0.25, 0.3) is 5.91 Å². The summed E-state index contributed by atoms with van der Waals surface area (Å²) in [5.41, 5.74) is 2.75. The molecular formula is C40H41FN8O8S. The van der Waals surface area contributed by atoms with Crippen molar-refractivity contribution in [3.05, 3.63) is 94.7 Å². The number of carbonyl (C=O) groups excluding carboxylic acids is 4. The number of aromatic nitrogens is 2. The van der Waals surface area contributed by atoms with Crippen LogP contribution < -0.4 is 40.3 Å². The number of amides is 5. The molecule has 8 rings (SSSR count). The maximum absolute atomic E-state index is 16.2. The van der Waals surface area contributed by atoms with Crippen LogP contribution in [0.5, 0.6) is 5.75 Å². The van der Waals surface area contributed by atoms with Crippen LogP contribution in [0.4, 0.5) is 26.2 Å². The summed E-state index contributed by atoms with van der Waals surface area (Å²) in [6.07, 6.45) is 3.00. The monoisotopic (exact) mass is 812 g/mol. The minimum Gasteiger partial charge on any atom is -0.487 e. The molecule has 3 saturated heterocycles. The van der Waals surface area contributed by atoms with Crippen LogP contribution in [0.15, 0.2) is 77.6 Å². The number of anilines is 3. The van der Waals surface area contributed by atoms with E-state index < -0.39 is 46.5 Å². The number of fused-ring (bicyclic) bond motifs is 2. The van der Waals surface area contributed by atoms with E-state index in [1.54, 1.807) is 25.2 Å². The molecule has 1 aromatic heterocycles.